The van der Waals surface area contributed by atoms with Gasteiger partial charge in [-0.05, 0) is 30.3 Å². The molecule has 2 rings (SSSR count). The van der Waals surface area contributed by atoms with Crippen LogP contribution in [0, 0.1) is 0 Å². The Kier molecular flexibility index (Phi) is 4.79. The maximum atomic E-state index is 12.1. The molecule has 0 bridgehead atoms. The molecule has 0 spiro atoms. The van der Waals surface area contributed by atoms with Crippen LogP contribution in [-0.4, -0.2) is 32.7 Å². The number of carbonyl (C=O) groups is 1. The van der Waals surface area contributed by atoms with E-state index in [0.717, 1.165) is 4.31 Å². The van der Waals surface area contributed by atoms with Crippen molar-refractivity contribution < 1.29 is 13.2 Å². The van der Waals surface area contributed by atoms with Crippen molar-refractivity contribution in [3.8, 4) is 0 Å². The van der Waals surface area contributed by atoms with Crippen LogP contribution in [0.15, 0.2) is 54.6 Å². The normalized spacial score (nSPS) is 11.2. The number of anilines is 2. The fourth-order valence-corrected chi connectivity index (χ4v) is 2.30. The summed E-state index contributed by atoms with van der Waals surface area (Å²) in [4.78, 5) is 12.1. The maximum Gasteiger partial charge on any atom is 0.301 e. The Morgan fingerprint density at radius 3 is 2.23 bits per heavy atom. The Morgan fingerprint density at radius 2 is 1.59 bits per heavy atom. The third-order valence-electron chi connectivity index (χ3n) is 2.88. The molecule has 0 atom stereocenters. The summed E-state index contributed by atoms with van der Waals surface area (Å²) >= 11 is 0. The quantitative estimate of drug-likeness (QED) is 0.886. The molecule has 116 valence electrons. The van der Waals surface area contributed by atoms with Crippen LogP contribution in [0.1, 0.15) is 10.4 Å². The predicted octanol–water partition coefficient (Wildman–Crippen LogP) is 2.16. The summed E-state index contributed by atoms with van der Waals surface area (Å²) in [6.45, 7) is 0. The molecule has 0 radical (unpaired) electrons. The maximum absolute atomic E-state index is 12.1. The minimum atomic E-state index is -3.58. The van der Waals surface area contributed by atoms with Crippen LogP contribution in [0.4, 0.5) is 11.4 Å². The zero-order chi connectivity index (χ0) is 16.2. The van der Waals surface area contributed by atoms with Gasteiger partial charge in [0, 0.05) is 25.3 Å². The highest BCUT2D eigenvalue weighted by molar-refractivity contribution is 7.90. The van der Waals surface area contributed by atoms with E-state index in [1.165, 1.54) is 14.1 Å². The Hall–Kier alpha value is -2.38. The molecule has 0 unspecified atom stereocenters. The first-order chi connectivity index (χ1) is 10.4. The molecule has 0 aliphatic carbocycles. The number of nitrogens with one attached hydrogen (secondary N) is 2. The minimum Gasteiger partial charge on any atom is -0.322 e. The molecule has 7 heteroatoms. The van der Waals surface area contributed by atoms with Crippen LogP contribution in [0.2, 0.25) is 0 Å². The second-order valence-electron chi connectivity index (χ2n) is 4.79. The van der Waals surface area contributed by atoms with E-state index in [1.807, 2.05) is 6.07 Å². The zero-order valence-electron chi connectivity index (χ0n) is 12.3. The molecule has 0 aliphatic heterocycles. The van der Waals surface area contributed by atoms with Gasteiger partial charge in [0.15, 0.2) is 0 Å². The number of amides is 1. The van der Waals surface area contributed by atoms with Gasteiger partial charge in [-0.25, -0.2) is 0 Å². The van der Waals surface area contributed by atoms with Gasteiger partial charge in [0.2, 0.25) is 0 Å². The minimum absolute atomic E-state index is 0.256. The Labute approximate surface area is 130 Å². The Morgan fingerprint density at radius 1 is 0.955 bits per heavy atom. The summed E-state index contributed by atoms with van der Waals surface area (Å²) in [5.74, 6) is -0.256. The fourth-order valence-electron chi connectivity index (χ4n) is 1.69. The number of rotatable bonds is 5. The van der Waals surface area contributed by atoms with Crippen molar-refractivity contribution in [2.45, 2.75) is 0 Å². The van der Waals surface area contributed by atoms with Gasteiger partial charge in [-0.3, -0.25) is 9.52 Å². The highest BCUT2D eigenvalue weighted by Gasteiger charge is 2.13. The molecule has 2 aromatic rings. The van der Waals surface area contributed by atoms with Crippen molar-refractivity contribution >= 4 is 27.5 Å². The standard InChI is InChI=1S/C15H17N3O3S/c1-18(2)22(20,21)17-14-10-6-9-13(11-14)16-15(19)12-7-4-3-5-8-12/h3-11,17H,1-2H3,(H,16,19). The molecule has 0 aliphatic rings. The van der Waals surface area contributed by atoms with Gasteiger partial charge in [0.05, 0.1) is 5.69 Å². The van der Waals surface area contributed by atoms with E-state index in [0.29, 0.717) is 16.9 Å². The molecule has 0 fully saturated rings. The van der Waals surface area contributed by atoms with Crippen molar-refractivity contribution in [2.75, 3.05) is 24.1 Å². The smallest absolute Gasteiger partial charge is 0.301 e. The molecular weight excluding hydrogens is 302 g/mol. The van der Waals surface area contributed by atoms with Crippen LogP contribution in [0.5, 0.6) is 0 Å². The van der Waals surface area contributed by atoms with Gasteiger partial charge in [-0.1, -0.05) is 24.3 Å². The molecular formula is C15H17N3O3S. The molecule has 1 amide bonds. The van der Waals surface area contributed by atoms with Crippen molar-refractivity contribution in [1.29, 1.82) is 0 Å². The van der Waals surface area contributed by atoms with Gasteiger partial charge >= 0.3 is 10.2 Å². The topological polar surface area (TPSA) is 78.5 Å². The van der Waals surface area contributed by atoms with Gasteiger partial charge in [0.1, 0.15) is 0 Å². The number of benzene rings is 2. The lowest BCUT2D eigenvalue weighted by Crippen LogP contribution is -2.28. The van der Waals surface area contributed by atoms with E-state index in [9.17, 15) is 13.2 Å². The third kappa shape index (κ3) is 4.06. The highest BCUT2D eigenvalue weighted by Crippen LogP contribution is 2.17. The van der Waals surface area contributed by atoms with Crippen molar-refractivity contribution in [1.82, 2.24) is 4.31 Å². The number of hydrogen-bond acceptors (Lipinski definition) is 3. The zero-order valence-corrected chi connectivity index (χ0v) is 13.1. The largest absolute Gasteiger partial charge is 0.322 e. The summed E-state index contributed by atoms with van der Waals surface area (Å²) in [5.41, 5.74) is 1.41. The molecule has 6 nitrogen and oxygen atoms in total. The molecule has 0 aromatic heterocycles. The first-order valence-electron chi connectivity index (χ1n) is 6.55. The van der Waals surface area contributed by atoms with Crippen molar-refractivity contribution in [2.24, 2.45) is 0 Å². The van der Waals surface area contributed by atoms with Gasteiger partial charge in [0.25, 0.3) is 5.91 Å². The Balaban J connectivity index is 2.14. The van der Waals surface area contributed by atoms with Gasteiger partial charge < -0.3 is 5.32 Å². The van der Waals surface area contributed by atoms with E-state index in [4.69, 9.17) is 0 Å². The lowest BCUT2D eigenvalue weighted by molar-refractivity contribution is 0.102. The van der Waals surface area contributed by atoms with Crippen LogP contribution in [0.25, 0.3) is 0 Å². The number of carbonyl (C=O) groups excluding carboxylic acids is 1. The molecule has 0 heterocycles. The fraction of sp³-hybridized carbons (Fsp3) is 0.133. The predicted molar refractivity (Wildman–Crippen MR) is 87.1 cm³/mol. The summed E-state index contributed by atoms with van der Waals surface area (Å²) in [6, 6.07) is 15.3. The average molecular weight is 319 g/mol. The average Bonchev–Trinajstić information content (AvgIpc) is 2.48. The summed E-state index contributed by atoms with van der Waals surface area (Å²) < 4.78 is 27.1. The first kappa shape index (κ1) is 16.0. The monoisotopic (exact) mass is 319 g/mol. The van der Waals surface area contributed by atoms with E-state index in [2.05, 4.69) is 10.0 Å². The third-order valence-corrected chi connectivity index (χ3v) is 4.34. The van der Waals surface area contributed by atoms with Crippen LogP contribution in [-0.2, 0) is 10.2 Å². The molecule has 0 saturated carbocycles. The van der Waals surface area contributed by atoms with E-state index < -0.39 is 10.2 Å². The lowest BCUT2D eigenvalue weighted by Gasteiger charge is -2.14. The van der Waals surface area contributed by atoms with E-state index in [1.54, 1.807) is 48.5 Å². The van der Waals surface area contributed by atoms with Crippen molar-refractivity contribution in [3.63, 3.8) is 0 Å². The van der Waals surface area contributed by atoms with Gasteiger partial charge in [-0.2, -0.15) is 12.7 Å². The molecule has 2 aromatic carbocycles. The number of hydrogen-bond donors (Lipinski definition) is 2. The lowest BCUT2D eigenvalue weighted by atomic mass is 10.2. The SMILES string of the molecule is CN(C)S(=O)(=O)Nc1cccc(NC(=O)c2ccccc2)c1. The van der Waals surface area contributed by atoms with Crippen LogP contribution in [0.3, 0.4) is 0 Å². The first-order valence-corrected chi connectivity index (χ1v) is 7.99. The second-order valence-corrected chi connectivity index (χ2v) is 6.67. The summed E-state index contributed by atoms with van der Waals surface area (Å²) in [7, 11) is -0.710. The van der Waals surface area contributed by atoms with E-state index in [-0.39, 0.29) is 5.91 Å². The summed E-state index contributed by atoms with van der Waals surface area (Å²) in [5, 5.41) is 2.73. The summed E-state index contributed by atoms with van der Waals surface area (Å²) in [6.07, 6.45) is 0. The van der Waals surface area contributed by atoms with Crippen LogP contribution >= 0.6 is 0 Å². The molecule has 22 heavy (non-hydrogen) atoms. The Bertz CT molecular complexity index is 759. The van der Waals surface area contributed by atoms with E-state index >= 15 is 0 Å². The molecule has 0 saturated heterocycles. The van der Waals surface area contributed by atoms with Gasteiger partial charge in [-0.15, -0.1) is 0 Å². The number of nitrogens with zero attached hydrogens (tertiary/aromatic N) is 1. The van der Waals surface area contributed by atoms with Crippen molar-refractivity contribution in [3.05, 3.63) is 60.2 Å². The highest BCUT2D eigenvalue weighted by atomic mass is 32.2. The van der Waals surface area contributed by atoms with Crippen LogP contribution < -0.4 is 10.0 Å². The molecule has 2 N–H and O–H groups in total. The second kappa shape index (κ2) is 6.59.